The van der Waals surface area contributed by atoms with Gasteiger partial charge < -0.3 is 5.32 Å². The number of hydrogen-bond donors (Lipinski definition) is 1. The highest BCUT2D eigenvalue weighted by atomic mass is 16.2. The summed E-state index contributed by atoms with van der Waals surface area (Å²) in [6.07, 6.45) is 2.96. The van der Waals surface area contributed by atoms with Crippen molar-refractivity contribution in [3.63, 3.8) is 0 Å². The van der Waals surface area contributed by atoms with Crippen LogP contribution < -0.4 is 5.32 Å². The van der Waals surface area contributed by atoms with Crippen LogP contribution in [-0.4, -0.2) is 24.5 Å². The third-order valence-corrected chi connectivity index (χ3v) is 6.21. The van der Waals surface area contributed by atoms with E-state index in [1.165, 1.54) is 0 Å². The van der Waals surface area contributed by atoms with Crippen LogP contribution in [0.4, 0.5) is 0 Å². The molecule has 1 aromatic carbocycles. The maximum atomic E-state index is 13.1. The van der Waals surface area contributed by atoms with Gasteiger partial charge in [0, 0.05) is 31.4 Å². The first-order valence-electron chi connectivity index (χ1n) is 9.61. The Bertz CT molecular complexity index is 830. The van der Waals surface area contributed by atoms with Crippen LogP contribution in [0, 0.1) is 37.0 Å². The van der Waals surface area contributed by atoms with Gasteiger partial charge in [0.2, 0.25) is 5.91 Å². The summed E-state index contributed by atoms with van der Waals surface area (Å²) in [5.41, 5.74) is 3.34. The topological polar surface area (TPSA) is 63.2 Å². The monoisotopic (exact) mass is 365 g/mol. The molecule has 4 nitrogen and oxygen atoms in total. The van der Waals surface area contributed by atoms with Crippen molar-refractivity contribution in [1.29, 1.82) is 0 Å². The molecule has 0 heterocycles. The second kappa shape index (κ2) is 7.31. The van der Waals surface area contributed by atoms with Crippen LogP contribution in [0.15, 0.2) is 12.1 Å². The van der Waals surface area contributed by atoms with Crippen molar-refractivity contribution in [2.24, 2.45) is 11.3 Å². The van der Waals surface area contributed by atoms with Gasteiger partial charge in [0.1, 0.15) is 17.5 Å². The zero-order valence-corrected chi connectivity index (χ0v) is 16.6. The van der Waals surface area contributed by atoms with E-state index >= 15 is 0 Å². The molecule has 1 N–H and O–H groups in total. The number of Topliss-reactive ketones (excluding diaryl/α,β-unsaturated/α-hetero) is 2. The summed E-state index contributed by atoms with van der Waals surface area (Å²) >= 11 is 0. The number of carbonyl (C=O) groups is 3. The van der Waals surface area contributed by atoms with Gasteiger partial charge in [-0.05, 0) is 74.3 Å². The number of benzene rings is 1. The highest BCUT2D eigenvalue weighted by molar-refractivity contribution is 6.10. The largest absolute Gasteiger partial charge is 0.359 e. The zero-order valence-electron chi connectivity index (χ0n) is 16.6. The van der Waals surface area contributed by atoms with E-state index in [1.54, 1.807) is 14.0 Å². The molecule has 2 fully saturated rings. The Labute approximate surface area is 161 Å². The fourth-order valence-corrected chi connectivity index (χ4v) is 5.11. The van der Waals surface area contributed by atoms with Gasteiger partial charge in [-0.15, -0.1) is 5.92 Å². The predicted octanol–water partition coefficient (Wildman–Crippen LogP) is 3.22. The van der Waals surface area contributed by atoms with Gasteiger partial charge in [0.15, 0.2) is 0 Å². The minimum absolute atomic E-state index is 0.00401. The molecule has 0 saturated heterocycles. The SMILES string of the molecule is CC#Cc1cc(C)c(C2C(=O)CC3(CCC(C(=O)NC)C3)CC2=O)c(C)c1. The van der Waals surface area contributed by atoms with Crippen molar-refractivity contribution in [2.75, 3.05) is 7.05 Å². The Kier molecular flexibility index (Phi) is 5.24. The van der Waals surface area contributed by atoms with Crippen LogP contribution >= 0.6 is 0 Å². The lowest BCUT2D eigenvalue weighted by atomic mass is 9.65. The molecule has 1 spiro atoms. The maximum absolute atomic E-state index is 13.1. The van der Waals surface area contributed by atoms with Crippen molar-refractivity contribution >= 4 is 17.5 Å². The summed E-state index contributed by atoms with van der Waals surface area (Å²) < 4.78 is 0. The first-order valence-corrected chi connectivity index (χ1v) is 9.61. The molecule has 1 amide bonds. The van der Waals surface area contributed by atoms with Crippen molar-refractivity contribution in [3.05, 3.63) is 34.4 Å². The highest BCUT2D eigenvalue weighted by Crippen LogP contribution is 2.52. The Morgan fingerprint density at radius 3 is 2.26 bits per heavy atom. The molecule has 1 atom stereocenters. The minimum atomic E-state index is -0.668. The van der Waals surface area contributed by atoms with Gasteiger partial charge in [-0.2, -0.15) is 0 Å². The quantitative estimate of drug-likeness (QED) is 0.646. The summed E-state index contributed by atoms with van der Waals surface area (Å²) in [6.45, 7) is 5.69. The predicted molar refractivity (Wildman–Crippen MR) is 104 cm³/mol. The summed E-state index contributed by atoms with van der Waals surface area (Å²) in [4.78, 5) is 38.1. The van der Waals surface area contributed by atoms with Crippen molar-refractivity contribution < 1.29 is 14.4 Å². The number of aryl methyl sites for hydroxylation is 2. The molecule has 3 rings (SSSR count). The average molecular weight is 365 g/mol. The normalized spacial score (nSPS) is 27.4. The number of ketones is 2. The Morgan fingerprint density at radius 1 is 1.15 bits per heavy atom. The molecule has 2 aliphatic rings. The summed E-state index contributed by atoms with van der Waals surface area (Å²) in [7, 11) is 1.64. The van der Waals surface area contributed by atoms with Crippen molar-refractivity contribution in [3.8, 4) is 11.8 Å². The van der Waals surface area contributed by atoms with Crippen LogP contribution in [0.3, 0.4) is 0 Å². The molecular formula is C23H27NO3. The van der Waals surface area contributed by atoms with E-state index in [2.05, 4.69) is 17.2 Å². The van der Waals surface area contributed by atoms with Crippen molar-refractivity contribution in [2.45, 2.75) is 58.8 Å². The van der Waals surface area contributed by atoms with Gasteiger partial charge in [-0.25, -0.2) is 0 Å². The smallest absolute Gasteiger partial charge is 0.222 e. The Hall–Kier alpha value is -2.41. The van der Waals surface area contributed by atoms with Crippen LogP contribution in [0.1, 0.15) is 67.2 Å². The molecule has 1 unspecified atom stereocenters. The standard InChI is InChI=1S/C23H27NO3/c1-5-6-16-9-14(2)20(15(3)10-16)21-18(25)12-23(13-19(21)26)8-7-17(11-23)22(27)24-4/h9-10,17,21H,7-8,11-13H2,1-4H3,(H,24,27). The number of amides is 1. The fraction of sp³-hybridized carbons (Fsp3) is 0.522. The molecule has 2 aliphatic carbocycles. The molecule has 0 radical (unpaired) electrons. The molecule has 142 valence electrons. The molecule has 0 aromatic heterocycles. The van der Waals surface area contributed by atoms with E-state index in [0.717, 1.165) is 35.1 Å². The molecule has 4 heteroatoms. The van der Waals surface area contributed by atoms with Gasteiger partial charge in [-0.1, -0.05) is 5.92 Å². The van der Waals surface area contributed by atoms with Gasteiger partial charge in [-0.3, -0.25) is 14.4 Å². The zero-order chi connectivity index (χ0) is 19.8. The van der Waals surface area contributed by atoms with E-state index in [4.69, 9.17) is 0 Å². The summed E-state index contributed by atoms with van der Waals surface area (Å²) in [5, 5.41) is 2.70. The summed E-state index contributed by atoms with van der Waals surface area (Å²) in [6, 6.07) is 3.92. The molecular weight excluding hydrogens is 338 g/mol. The number of rotatable bonds is 2. The average Bonchev–Trinajstić information content (AvgIpc) is 2.99. The van der Waals surface area contributed by atoms with E-state index in [-0.39, 0.29) is 28.8 Å². The van der Waals surface area contributed by atoms with E-state index < -0.39 is 5.92 Å². The lowest BCUT2D eigenvalue weighted by molar-refractivity contribution is -0.137. The van der Waals surface area contributed by atoms with Gasteiger partial charge in [0.05, 0.1) is 0 Å². The Morgan fingerprint density at radius 2 is 1.74 bits per heavy atom. The lowest BCUT2D eigenvalue weighted by Crippen LogP contribution is -2.39. The van der Waals surface area contributed by atoms with Crippen LogP contribution in [-0.2, 0) is 14.4 Å². The molecule has 27 heavy (non-hydrogen) atoms. The molecule has 2 saturated carbocycles. The second-order valence-corrected chi connectivity index (χ2v) is 8.17. The Balaban J connectivity index is 1.87. The second-order valence-electron chi connectivity index (χ2n) is 8.17. The molecule has 0 aliphatic heterocycles. The first kappa shape index (κ1) is 19.4. The number of nitrogens with one attached hydrogen (secondary N) is 1. The summed E-state index contributed by atoms with van der Waals surface area (Å²) in [5.74, 6) is 5.21. The van der Waals surface area contributed by atoms with Gasteiger partial charge >= 0.3 is 0 Å². The molecule has 0 bridgehead atoms. The van der Waals surface area contributed by atoms with E-state index in [0.29, 0.717) is 19.3 Å². The maximum Gasteiger partial charge on any atom is 0.222 e. The minimum Gasteiger partial charge on any atom is -0.359 e. The fourth-order valence-electron chi connectivity index (χ4n) is 5.11. The van der Waals surface area contributed by atoms with Crippen LogP contribution in [0.25, 0.3) is 0 Å². The lowest BCUT2D eigenvalue weighted by Gasteiger charge is -2.36. The third kappa shape index (κ3) is 3.56. The first-order chi connectivity index (χ1) is 12.8. The van der Waals surface area contributed by atoms with Gasteiger partial charge in [0.25, 0.3) is 0 Å². The van der Waals surface area contributed by atoms with Crippen LogP contribution in [0.5, 0.6) is 0 Å². The molecule has 1 aromatic rings. The van der Waals surface area contributed by atoms with E-state index in [9.17, 15) is 14.4 Å². The third-order valence-electron chi connectivity index (χ3n) is 6.21. The number of hydrogen-bond acceptors (Lipinski definition) is 3. The van der Waals surface area contributed by atoms with Crippen molar-refractivity contribution in [1.82, 2.24) is 5.32 Å². The highest BCUT2D eigenvalue weighted by Gasteiger charge is 2.50. The number of carbonyl (C=O) groups excluding carboxylic acids is 3. The van der Waals surface area contributed by atoms with Crippen LogP contribution in [0.2, 0.25) is 0 Å². The van der Waals surface area contributed by atoms with E-state index in [1.807, 2.05) is 26.0 Å².